The Hall–Kier alpha value is -0.290. The molecule has 0 atom stereocenters. The van der Waals surface area contributed by atoms with Crippen molar-refractivity contribution in [2.24, 2.45) is 4.99 Å². The Morgan fingerprint density at radius 2 is 2.50 bits per heavy atom. The first-order valence-corrected chi connectivity index (χ1v) is 5.44. The molecule has 1 aliphatic heterocycles. The zero-order valence-corrected chi connectivity index (χ0v) is 9.02. The first-order chi connectivity index (χ1) is 5.77. The van der Waals surface area contributed by atoms with Gasteiger partial charge >= 0.3 is 0 Å². The predicted molar refractivity (Wildman–Crippen MR) is 54.8 cm³/mol. The lowest BCUT2D eigenvalue weighted by Gasteiger charge is -1.95. The molecular formula is C7H8BrN3S. The van der Waals surface area contributed by atoms with Gasteiger partial charge < -0.3 is 0 Å². The van der Waals surface area contributed by atoms with Crippen molar-refractivity contribution in [1.82, 2.24) is 9.78 Å². The van der Waals surface area contributed by atoms with Crippen molar-refractivity contribution in [3.8, 4) is 0 Å². The molecule has 0 fully saturated rings. The fraction of sp³-hybridized carbons (Fsp3) is 0.429. The number of aliphatic imine (C=N–C) groups is 1. The number of aromatic nitrogens is 2. The van der Waals surface area contributed by atoms with Gasteiger partial charge in [-0.15, -0.1) is 0 Å². The van der Waals surface area contributed by atoms with Crippen LogP contribution in [0.15, 0.2) is 15.7 Å². The van der Waals surface area contributed by atoms with Crippen LogP contribution >= 0.6 is 27.7 Å². The van der Waals surface area contributed by atoms with Crippen LogP contribution in [0.5, 0.6) is 0 Å². The van der Waals surface area contributed by atoms with Crippen molar-refractivity contribution < 1.29 is 0 Å². The summed E-state index contributed by atoms with van der Waals surface area (Å²) in [5, 5.41) is 5.31. The smallest absolute Gasteiger partial charge is 0.184 e. The molecule has 0 saturated carbocycles. The lowest BCUT2D eigenvalue weighted by atomic mass is 10.5. The molecule has 1 aromatic rings. The summed E-state index contributed by atoms with van der Waals surface area (Å²) >= 11 is 5.16. The van der Waals surface area contributed by atoms with E-state index in [1.165, 1.54) is 0 Å². The Morgan fingerprint density at radius 1 is 1.67 bits per heavy atom. The van der Waals surface area contributed by atoms with Crippen molar-refractivity contribution in [2.75, 3.05) is 12.3 Å². The van der Waals surface area contributed by atoms with Crippen molar-refractivity contribution in [3.63, 3.8) is 0 Å². The van der Waals surface area contributed by atoms with Crippen LogP contribution in [0.2, 0.25) is 0 Å². The lowest BCUT2D eigenvalue weighted by Crippen LogP contribution is -2.05. The Kier molecular flexibility index (Phi) is 2.23. The Morgan fingerprint density at radius 3 is 3.00 bits per heavy atom. The second-order valence-electron chi connectivity index (χ2n) is 2.52. The zero-order valence-electron chi connectivity index (χ0n) is 6.62. The van der Waals surface area contributed by atoms with E-state index in [0.29, 0.717) is 0 Å². The Labute approximate surface area is 83.4 Å². The molecule has 64 valence electrons. The van der Waals surface area contributed by atoms with Gasteiger partial charge in [-0.1, -0.05) is 11.8 Å². The van der Waals surface area contributed by atoms with Gasteiger partial charge in [0.05, 0.1) is 16.7 Å². The minimum Gasteiger partial charge on any atom is -0.260 e. The average molecular weight is 246 g/mol. The third-order valence-electron chi connectivity index (χ3n) is 1.60. The van der Waals surface area contributed by atoms with E-state index in [1.54, 1.807) is 11.8 Å². The van der Waals surface area contributed by atoms with Gasteiger partial charge in [-0.3, -0.25) is 4.99 Å². The molecule has 0 spiro atoms. The quantitative estimate of drug-likeness (QED) is 0.699. The fourth-order valence-corrected chi connectivity index (χ4v) is 2.05. The van der Waals surface area contributed by atoms with E-state index in [4.69, 9.17) is 0 Å². The number of nitrogens with zero attached hydrogens (tertiary/aromatic N) is 3. The molecule has 0 unspecified atom stereocenters. The van der Waals surface area contributed by atoms with E-state index in [0.717, 1.165) is 27.6 Å². The molecule has 0 aromatic carbocycles. The summed E-state index contributed by atoms with van der Waals surface area (Å²) in [6.45, 7) is 2.89. The highest BCUT2D eigenvalue weighted by molar-refractivity contribution is 9.10. The molecule has 0 aliphatic carbocycles. The first kappa shape index (κ1) is 8.31. The minimum absolute atomic E-state index is 0.913. The van der Waals surface area contributed by atoms with Crippen LogP contribution in [0.4, 0.5) is 0 Å². The maximum Gasteiger partial charge on any atom is 0.184 e. The fourth-order valence-electron chi connectivity index (χ4n) is 0.999. The zero-order chi connectivity index (χ0) is 8.55. The predicted octanol–water partition coefficient (Wildman–Crippen LogP) is 1.90. The van der Waals surface area contributed by atoms with Crippen LogP contribution in [0.1, 0.15) is 5.69 Å². The van der Waals surface area contributed by atoms with E-state index in [9.17, 15) is 0 Å². The van der Waals surface area contributed by atoms with Gasteiger partial charge in [0.25, 0.3) is 0 Å². The van der Waals surface area contributed by atoms with E-state index in [2.05, 4.69) is 26.0 Å². The van der Waals surface area contributed by atoms with Gasteiger partial charge in [0, 0.05) is 11.9 Å². The van der Waals surface area contributed by atoms with Crippen LogP contribution < -0.4 is 0 Å². The van der Waals surface area contributed by atoms with Gasteiger partial charge in [-0.2, -0.15) is 5.10 Å². The highest BCUT2D eigenvalue weighted by Gasteiger charge is 2.11. The van der Waals surface area contributed by atoms with Crippen LogP contribution in [-0.2, 0) is 0 Å². The Balaban J connectivity index is 2.34. The summed E-state index contributed by atoms with van der Waals surface area (Å²) < 4.78 is 2.87. The highest BCUT2D eigenvalue weighted by Crippen LogP contribution is 2.18. The molecule has 0 N–H and O–H groups in total. The van der Waals surface area contributed by atoms with Gasteiger partial charge in [0.2, 0.25) is 0 Å². The summed E-state index contributed by atoms with van der Waals surface area (Å²) in [6, 6.07) is 0. The summed E-state index contributed by atoms with van der Waals surface area (Å²) in [5.41, 5.74) is 1.00. The summed E-state index contributed by atoms with van der Waals surface area (Å²) in [4.78, 5) is 4.32. The molecule has 3 nitrogen and oxygen atoms in total. The van der Waals surface area contributed by atoms with Gasteiger partial charge in [-0.05, 0) is 22.9 Å². The second kappa shape index (κ2) is 3.22. The number of hydrogen-bond acceptors (Lipinski definition) is 3. The van der Waals surface area contributed by atoms with Crippen LogP contribution in [0.3, 0.4) is 0 Å². The highest BCUT2D eigenvalue weighted by atomic mass is 79.9. The lowest BCUT2D eigenvalue weighted by molar-refractivity contribution is 0.920. The third kappa shape index (κ3) is 1.43. The van der Waals surface area contributed by atoms with Gasteiger partial charge in [-0.25, -0.2) is 4.68 Å². The number of halogens is 1. The largest absolute Gasteiger partial charge is 0.260 e. The van der Waals surface area contributed by atoms with Crippen LogP contribution in [0.25, 0.3) is 0 Å². The van der Waals surface area contributed by atoms with E-state index in [1.807, 2.05) is 17.8 Å². The molecule has 12 heavy (non-hydrogen) atoms. The summed E-state index contributed by atoms with van der Waals surface area (Å²) in [6.07, 6.45) is 1.95. The SMILES string of the molecule is Cc1nn(C2=NCCS2)cc1Br. The molecule has 5 heteroatoms. The second-order valence-corrected chi connectivity index (χ2v) is 4.44. The number of thioether (sulfide) groups is 1. The Bertz CT molecular complexity index is 312. The summed E-state index contributed by atoms with van der Waals surface area (Å²) in [7, 11) is 0. The van der Waals surface area contributed by atoms with Gasteiger partial charge in [0.15, 0.2) is 5.17 Å². The van der Waals surface area contributed by atoms with Crippen molar-refractivity contribution in [2.45, 2.75) is 6.92 Å². The van der Waals surface area contributed by atoms with Crippen LogP contribution in [-0.4, -0.2) is 27.2 Å². The third-order valence-corrected chi connectivity index (χ3v) is 3.34. The van der Waals surface area contributed by atoms with Gasteiger partial charge in [0.1, 0.15) is 0 Å². The molecule has 0 saturated heterocycles. The van der Waals surface area contributed by atoms with E-state index >= 15 is 0 Å². The molecule has 1 aliphatic rings. The topological polar surface area (TPSA) is 30.2 Å². The number of hydrogen-bond donors (Lipinski definition) is 0. The maximum absolute atomic E-state index is 4.32. The normalized spacial score (nSPS) is 16.7. The standard InChI is InChI=1S/C7H8BrN3S/c1-5-6(8)4-11(10-5)7-9-2-3-12-7/h4H,2-3H2,1H3. The molecule has 2 rings (SSSR count). The van der Waals surface area contributed by atoms with E-state index in [-0.39, 0.29) is 0 Å². The first-order valence-electron chi connectivity index (χ1n) is 3.67. The monoisotopic (exact) mass is 245 g/mol. The molecule has 0 bridgehead atoms. The van der Waals surface area contributed by atoms with Crippen molar-refractivity contribution in [3.05, 3.63) is 16.4 Å². The molecular weight excluding hydrogens is 238 g/mol. The molecule has 2 heterocycles. The van der Waals surface area contributed by atoms with E-state index < -0.39 is 0 Å². The van der Waals surface area contributed by atoms with Crippen molar-refractivity contribution in [1.29, 1.82) is 0 Å². The summed E-state index contributed by atoms with van der Waals surface area (Å²) in [5.74, 6) is 1.08. The molecule has 0 amide bonds. The molecule has 0 radical (unpaired) electrons. The number of rotatable bonds is 0. The molecule has 1 aromatic heterocycles. The van der Waals surface area contributed by atoms with Crippen molar-refractivity contribution >= 4 is 32.9 Å². The number of aryl methyl sites for hydroxylation is 1. The minimum atomic E-state index is 0.913. The average Bonchev–Trinajstić information content (AvgIpc) is 2.61. The van der Waals surface area contributed by atoms with Crippen LogP contribution in [0, 0.1) is 6.92 Å². The maximum atomic E-state index is 4.32.